The molecule has 3 heterocycles. The summed E-state index contributed by atoms with van der Waals surface area (Å²) in [5, 5.41) is 11.7. The van der Waals surface area contributed by atoms with E-state index >= 15 is 0 Å². The van der Waals surface area contributed by atoms with Gasteiger partial charge in [-0.2, -0.15) is 0 Å². The summed E-state index contributed by atoms with van der Waals surface area (Å²) in [4.78, 5) is 14.0. The molecule has 2 aromatic rings. The van der Waals surface area contributed by atoms with Crippen LogP contribution in [0.4, 0.5) is 0 Å². The highest BCUT2D eigenvalue weighted by Crippen LogP contribution is 2.37. The van der Waals surface area contributed by atoms with Crippen molar-refractivity contribution in [2.45, 2.75) is 62.3 Å². The minimum Gasteiger partial charge on any atom is -0.351 e. The predicted molar refractivity (Wildman–Crippen MR) is 94.2 cm³/mol. The van der Waals surface area contributed by atoms with Crippen LogP contribution < -0.4 is 5.32 Å². The minimum atomic E-state index is -0.00486. The number of rotatable bonds is 3. The maximum absolute atomic E-state index is 12.7. The van der Waals surface area contributed by atoms with Crippen molar-refractivity contribution in [2.75, 3.05) is 0 Å². The van der Waals surface area contributed by atoms with Crippen molar-refractivity contribution < 1.29 is 4.79 Å². The molecule has 1 amide bonds. The highest BCUT2D eigenvalue weighted by atomic mass is 32.2. The van der Waals surface area contributed by atoms with E-state index in [4.69, 9.17) is 0 Å². The van der Waals surface area contributed by atoms with Crippen molar-refractivity contribution in [3.63, 3.8) is 0 Å². The van der Waals surface area contributed by atoms with Gasteiger partial charge in [-0.1, -0.05) is 24.6 Å². The number of benzene rings is 1. The summed E-state index contributed by atoms with van der Waals surface area (Å²) in [7, 11) is 0. The molecule has 2 aliphatic heterocycles. The number of carbonyl (C=O) groups excluding carboxylic acids is 1. The molecule has 1 aromatic heterocycles. The summed E-state index contributed by atoms with van der Waals surface area (Å²) in [6, 6.07) is 6.64. The third kappa shape index (κ3) is 2.83. The average molecular weight is 342 g/mol. The van der Waals surface area contributed by atoms with E-state index < -0.39 is 0 Å². The molecular weight excluding hydrogens is 320 g/mol. The number of aromatic nitrogens is 3. The molecule has 0 unspecified atom stereocenters. The summed E-state index contributed by atoms with van der Waals surface area (Å²) in [6.07, 6.45) is 3.53. The molecule has 0 saturated carbocycles. The fourth-order valence-corrected chi connectivity index (χ4v) is 4.84. The average Bonchev–Trinajstić information content (AvgIpc) is 3.17. The number of hydrogen-bond acceptors (Lipinski definition) is 4. The van der Waals surface area contributed by atoms with E-state index in [1.54, 1.807) is 11.8 Å². The van der Waals surface area contributed by atoms with Crippen LogP contribution in [0.1, 0.15) is 36.1 Å². The second-order valence-electron chi connectivity index (χ2n) is 6.66. The number of hydrogen-bond donors (Lipinski definition) is 1. The second kappa shape index (κ2) is 6.24. The Hall–Kier alpha value is -1.82. The fraction of sp³-hybridized carbons (Fsp3) is 0.500. The van der Waals surface area contributed by atoms with Crippen LogP contribution >= 0.6 is 11.8 Å². The maximum Gasteiger partial charge on any atom is 0.234 e. The number of thioether (sulfide) groups is 1. The lowest BCUT2D eigenvalue weighted by atomic mass is 10.1. The Labute approximate surface area is 146 Å². The third-order valence-electron chi connectivity index (χ3n) is 4.88. The molecule has 0 spiro atoms. The van der Waals surface area contributed by atoms with Crippen LogP contribution in [0.25, 0.3) is 0 Å². The number of nitrogens with one attached hydrogen (secondary N) is 1. The highest BCUT2D eigenvalue weighted by Gasteiger charge is 2.31. The quantitative estimate of drug-likeness (QED) is 0.930. The molecule has 0 fully saturated rings. The SMILES string of the molecule is CCc1nnc2n1C[C@@H](NC(=O)[C@@H]1Cc3ccc(C)cc3S1)CC2. The molecule has 24 heavy (non-hydrogen) atoms. The molecule has 6 heteroatoms. The van der Waals surface area contributed by atoms with Crippen LogP contribution in [0.3, 0.4) is 0 Å². The van der Waals surface area contributed by atoms with Gasteiger partial charge in [-0.15, -0.1) is 22.0 Å². The van der Waals surface area contributed by atoms with E-state index in [1.165, 1.54) is 16.0 Å². The van der Waals surface area contributed by atoms with E-state index in [9.17, 15) is 4.79 Å². The third-order valence-corrected chi connectivity index (χ3v) is 6.17. The molecule has 0 saturated heterocycles. The lowest BCUT2D eigenvalue weighted by Crippen LogP contribution is -2.44. The summed E-state index contributed by atoms with van der Waals surface area (Å²) < 4.78 is 2.17. The minimum absolute atomic E-state index is 0.00486. The zero-order valence-electron chi connectivity index (χ0n) is 14.1. The van der Waals surface area contributed by atoms with Crippen LogP contribution in [0.15, 0.2) is 23.1 Å². The van der Waals surface area contributed by atoms with Crippen molar-refractivity contribution in [1.29, 1.82) is 0 Å². The van der Waals surface area contributed by atoms with Crippen molar-refractivity contribution in [2.24, 2.45) is 0 Å². The Morgan fingerprint density at radius 1 is 1.42 bits per heavy atom. The molecule has 0 bridgehead atoms. The number of aryl methyl sites for hydroxylation is 3. The molecule has 2 atom stereocenters. The Kier molecular flexibility index (Phi) is 4.08. The molecule has 4 rings (SSSR count). The van der Waals surface area contributed by atoms with Crippen molar-refractivity contribution in [3.05, 3.63) is 41.0 Å². The van der Waals surface area contributed by atoms with Crippen LogP contribution in [0, 0.1) is 6.92 Å². The summed E-state index contributed by atoms with van der Waals surface area (Å²) in [5.41, 5.74) is 2.55. The van der Waals surface area contributed by atoms with Crippen molar-refractivity contribution in [3.8, 4) is 0 Å². The topological polar surface area (TPSA) is 59.8 Å². The van der Waals surface area contributed by atoms with E-state index in [1.807, 2.05) is 0 Å². The van der Waals surface area contributed by atoms with Crippen LogP contribution in [-0.4, -0.2) is 32.0 Å². The largest absolute Gasteiger partial charge is 0.351 e. The van der Waals surface area contributed by atoms with Crippen molar-refractivity contribution in [1.82, 2.24) is 20.1 Å². The highest BCUT2D eigenvalue weighted by molar-refractivity contribution is 8.01. The zero-order chi connectivity index (χ0) is 16.7. The first-order valence-electron chi connectivity index (χ1n) is 8.61. The molecular formula is C18H22N4OS. The smallest absolute Gasteiger partial charge is 0.234 e. The number of amides is 1. The van der Waals surface area contributed by atoms with Gasteiger partial charge in [-0.25, -0.2) is 0 Å². The van der Waals surface area contributed by atoms with Gasteiger partial charge in [0.15, 0.2) is 0 Å². The first-order chi connectivity index (χ1) is 11.6. The Balaban J connectivity index is 1.41. The van der Waals surface area contributed by atoms with Gasteiger partial charge in [-0.05, 0) is 31.4 Å². The first-order valence-corrected chi connectivity index (χ1v) is 9.49. The van der Waals surface area contributed by atoms with Gasteiger partial charge in [0.1, 0.15) is 11.6 Å². The van der Waals surface area contributed by atoms with E-state index in [0.29, 0.717) is 0 Å². The van der Waals surface area contributed by atoms with Gasteiger partial charge >= 0.3 is 0 Å². The Bertz CT molecular complexity index is 772. The molecule has 0 radical (unpaired) electrons. The molecule has 1 N–H and O–H groups in total. The molecule has 1 aromatic carbocycles. The lowest BCUT2D eigenvalue weighted by Gasteiger charge is -2.26. The standard InChI is InChI=1S/C18H22N4OS/c1-3-16-20-21-17-7-6-13(10-22(16)17)19-18(23)15-9-12-5-4-11(2)8-14(12)24-15/h4-5,8,13,15H,3,6-7,9-10H2,1-2H3,(H,19,23)/t13-,15-/m0/s1. The normalized spacial score (nSPS) is 22.1. The Morgan fingerprint density at radius 3 is 3.12 bits per heavy atom. The maximum atomic E-state index is 12.7. The molecule has 5 nitrogen and oxygen atoms in total. The van der Waals surface area contributed by atoms with E-state index in [0.717, 1.165) is 43.9 Å². The molecule has 2 aliphatic rings. The lowest BCUT2D eigenvalue weighted by molar-refractivity contribution is -0.121. The summed E-state index contributed by atoms with van der Waals surface area (Å²) in [5.74, 6) is 2.23. The van der Waals surface area contributed by atoms with Crippen molar-refractivity contribution >= 4 is 17.7 Å². The van der Waals surface area contributed by atoms with Gasteiger partial charge in [-0.3, -0.25) is 4.79 Å². The summed E-state index contributed by atoms with van der Waals surface area (Å²) in [6.45, 7) is 4.98. The fourth-order valence-electron chi connectivity index (χ4n) is 3.54. The number of fused-ring (bicyclic) bond motifs is 2. The van der Waals surface area contributed by atoms with Gasteiger partial charge in [0.05, 0.1) is 5.25 Å². The monoisotopic (exact) mass is 342 g/mol. The number of carbonyl (C=O) groups is 1. The first kappa shape index (κ1) is 15.7. The van der Waals surface area contributed by atoms with Gasteiger partial charge in [0.25, 0.3) is 0 Å². The summed E-state index contributed by atoms with van der Waals surface area (Å²) >= 11 is 1.70. The van der Waals surface area contributed by atoms with Crippen LogP contribution in [0.2, 0.25) is 0 Å². The molecule has 0 aliphatic carbocycles. The zero-order valence-corrected chi connectivity index (χ0v) is 14.9. The Morgan fingerprint density at radius 2 is 2.29 bits per heavy atom. The van der Waals surface area contributed by atoms with Crippen LogP contribution in [-0.2, 0) is 30.6 Å². The predicted octanol–water partition coefficient (Wildman–Crippen LogP) is 2.30. The van der Waals surface area contributed by atoms with Gasteiger partial charge in [0.2, 0.25) is 5.91 Å². The van der Waals surface area contributed by atoms with E-state index in [2.05, 4.69) is 52.1 Å². The second-order valence-corrected chi connectivity index (χ2v) is 7.91. The van der Waals surface area contributed by atoms with Gasteiger partial charge < -0.3 is 9.88 Å². The van der Waals surface area contributed by atoms with E-state index in [-0.39, 0.29) is 17.2 Å². The molecule has 126 valence electrons. The number of nitrogens with zero attached hydrogens (tertiary/aromatic N) is 3. The van der Waals surface area contributed by atoms with Gasteiger partial charge in [0, 0.05) is 30.3 Å². The van der Waals surface area contributed by atoms with Crippen LogP contribution in [0.5, 0.6) is 0 Å².